The standard InChI is InChI=1S/C20H12ClFINO3S2/c1-3-6-27-18-15(23)7-11(8-16(18)26-2)9-17-19(25)24(20(28)29-17)12-4-5-14(22)13(21)10-12/h1,4-5,7-10H,6H2,2H3. The van der Waals surface area contributed by atoms with Gasteiger partial charge in [0.2, 0.25) is 0 Å². The number of amides is 1. The number of rotatable bonds is 5. The fourth-order valence-corrected chi connectivity index (χ4v) is 4.80. The molecule has 4 nitrogen and oxygen atoms in total. The molecule has 1 aliphatic rings. The molecule has 2 aromatic carbocycles. The van der Waals surface area contributed by atoms with Crippen LogP contribution in [0, 0.1) is 21.7 Å². The molecule has 1 amide bonds. The van der Waals surface area contributed by atoms with Crippen molar-refractivity contribution in [2.24, 2.45) is 0 Å². The van der Waals surface area contributed by atoms with Crippen molar-refractivity contribution < 1.29 is 18.7 Å². The lowest BCUT2D eigenvalue weighted by atomic mass is 10.1. The van der Waals surface area contributed by atoms with Crippen molar-refractivity contribution in [3.8, 4) is 23.8 Å². The Morgan fingerprint density at radius 2 is 2.17 bits per heavy atom. The normalized spacial score (nSPS) is 15.0. The Morgan fingerprint density at radius 3 is 2.83 bits per heavy atom. The zero-order valence-corrected chi connectivity index (χ0v) is 19.4. The third-order valence-electron chi connectivity index (χ3n) is 3.80. The largest absolute Gasteiger partial charge is 0.493 e. The molecular weight excluding hydrogens is 548 g/mol. The zero-order valence-electron chi connectivity index (χ0n) is 14.9. The second-order valence-electron chi connectivity index (χ2n) is 5.64. The highest BCUT2D eigenvalue weighted by molar-refractivity contribution is 14.1. The fraction of sp³-hybridized carbons (Fsp3) is 0.100. The number of anilines is 1. The van der Waals surface area contributed by atoms with Crippen LogP contribution in [-0.4, -0.2) is 23.9 Å². The predicted molar refractivity (Wildman–Crippen MR) is 127 cm³/mol. The molecule has 0 radical (unpaired) electrons. The van der Waals surface area contributed by atoms with E-state index in [1.165, 1.54) is 30.2 Å². The summed E-state index contributed by atoms with van der Waals surface area (Å²) in [4.78, 5) is 14.6. The number of ether oxygens (including phenoxy) is 2. The van der Waals surface area contributed by atoms with Gasteiger partial charge in [0.25, 0.3) is 5.91 Å². The molecule has 0 aromatic heterocycles. The average Bonchev–Trinajstić information content (AvgIpc) is 2.96. The van der Waals surface area contributed by atoms with E-state index < -0.39 is 5.82 Å². The number of thioether (sulfide) groups is 1. The summed E-state index contributed by atoms with van der Waals surface area (Å²) < 4.78 is 25.5. The molecule has 0 aliphatic carbocycles. The minimum Gasteiger partial charge on any atom is -0.493 e. The Hall–Kier alpha value is -1.80. The molecular formula is C20H12ClFINO3S2. The third-order valence-corrected chi connectivity index (χ3v) is 6.20. The van der Waals surface area contributed by atoms with Crippen LogP contribution in [0.2, 0.25) is 5.02 Å². The van der Waals surface area contributed by atoms with Gasteiger partial charge in [-0.3, -0.25) is 9.69 Å². The van der Waals surface area contributed by atoms with Crippen molar-refractivity contribution in [3.63, 3.8) is 0 Å². The minimum atomic E-state index is -0.565. The van der Waals surface area contributed by atoms with Crippen molar-refractivity contribution in [2.45, 2.75) is 0 Å². The lowest BCUT2D eigenvalue weighted by molar-refractivity contribution is -0.113. The number of terminal acetylenes is 1. The van der Waals surface area contributed by atoms with Gasteiger partial charge < -0.3 is 9.47 Å². The number of methoxy groups -OCH3 is 1. The number of nitrogens with zero attached hydrogens (tertiary/aromatic N) is 1. The Kier molecular flexibility index (Phi) is 7.05. The van der Waals surface area contributed by atoms with E-state index >= 15 is 0 Å². The summed E-state index contributed by atoms with van der Waals surface area (Å²) in [5.74, 6) is 2.57. The minimum absolute atomic E-state index is 0.0811. The first kappa shape index (κ1) is 21.9. The summed E-state index contributed by atoms with van der Waals surface area (Å²) in [7, 11) is 1.52. The molecule has 2 aromatic rings. The smallest absolute Gasteiger partial charge is 0.270 e. The van der Waals surface area contributed by atoms with Crippen LogP contribution < -0.4 is 14.4 Å². The van der Waals surface area contributed by atoms with Gasteiger partial charge in [-0.05, 0) is 64.6 Å². The van der Waals surface area contributed by atoms with Gasteiger partial charge in [-0.15, -0.1) is 6.42 Å². The topological polar surface area (TPSA) is 38.8 Å². The highest BCUT2D eigenvalue weighted by Crippen LogP contribution is 2.39. The van der Waals surface area contributed by atoms with Crippen LogP contribution in [0.1, 0.15) is 5.56 Å². The SMILES string of the molecule is C#CCOc1c(I)cc(C=C2SC(=S)N(c3ccc(F)c(Cl)c3)C2=O)cc1OC. The van der Waals surface area contributed by atoms with Crippen LogP contribution in [0.4, 0.5) is 10.1 Å². The first-order valence-electron chi connectivity index (χ1n) is 8.02. The Balaban J connectivity index is 1.94. The summed E-state index contributed by atoms with van der Waals surface area (Å²) in [5, 5.41) is -0.0811. The molecule has 0 atom stereocenters. The number of carbonyl (C=O) groups excluding carboxylic acids is 1. The number of benzene rings is 2. The lowest BCUT2D eigenvalue weighted by Crippen LogP contribution is -2.27. The Morgan fingerprint density at radius 1 is 1.41 bits per heavy atom. The number of carbonyl (C=O) groups is 1. The van der Waals surface area contributed by atoms with E-state index in [0.29, 0.717) is 26.4 Å². The zero-order chi connectivity index (χ0) is 21.1. The molecule has 3 rings (SSSR count). The first-order chi connectivity index (χ1) is 13.8. The van der Waals surface area contributed by atoms with Crippen LogP contribution in [0.15, 0.2) is 35.2 Å². The van der Waals surface area contributed by atoms with Crippen molar-refractivity contribution in [1.82, 2.24) is 0 Å². The number of halogens is 3. The van der Waals surface area contributed by atoms with E-state index in [-0.39, 0.29) is 17.5 Å². The van der Waals surface area contributed by atoms with E-state index in [2.05, 4.69) is 28.5 Å². The van der Waals surface area contributed by atoms with E-state index in [4.69, 9.17) is 39.7 Å². The highest BCUT2D eigenvalue weighted by atomic mass is 127. The van der Waals surface area contributed by atoms with E-state index in [9.17, 15) is 9.18 Å². The monoisotopic (exact) mass is 559 g/mol. The molecule has 1 fully saturated rings. The molecule has 0 saturated carbocycles. The van der Waals surface area contributed by atoms with E-state index in [1.807, 2.05) is 6.07 Å². The summed E-state index contributed by atoms with van der Waals surface area (Å²) in [6.45, 7) is 0.116. The molecule has 1 aliphatic heterocycles. The quantitative estimate of drug-likeness (QED) is 0.209. The summed E-state index contributed by atoms with van der Waals surface area (Å²) >= 11 is 14.4. The second kappa shape index (κ2) is 9.34. The van der Waals surface area contributed by atoms with Gasteiger partial charge in [0, 0.05) is 0 Å². The lowest BCUT2D eigenvalue weighted by Gasteiger charge is -2.15. The average molecular weight is 560 g/mol. The van der Waals surface area contributed by atoms with Gasteiger partial charge in [-0.25, -0.2) is 4.39 Å². The number of hydrogen-bond donors (Lipinski definition) is 0. The maximum absolute atomic E-state index is 13.4. The molecule has 0 spiro atoms. The Bertz CT molecular complexity index is 1080. The molecule has 0 N–H and O–H groups in total. The molecule has 0 bridgehead atoms. The number of hydrogen-bond acceptors (Lipinski definition) is 5. The third kappa shape index (κ3) is 4.69. The van der Waals surface area contributed by atoms with Gasteiger partial charge in [-0.2, -0.15) is 0 Å². The Labute approximate surface area is 195 Å². The van der Waals surface area contributed by atoms with Crippen LogP contribution >= 0.6 is 58.2 Å². The molecule has 148 valence electrons. The van der Waals surface area contributed by atoms with Crippen molar-refractivity contribution in [3.05, 3.63) is 55.2 Å². The van der Waals surface area contributed by atoms with Crippen LogP contribution in [0.25, 0.3) is 6.08 Å². The first-order valence-corrected chi connectivity index (χ1v) is 10.7. The summed E-state index contributed by atoms with van der Waals surface area (Å²) in [6, 6.07) is 7.61. The van der Waals surface area contributed by atoms with Gasteiger partial charge in [0.1, 0.15) is 12.4 Å². The van der Waals surface area contributed by atoms with Crippen LogP contribution in [0.3, 0.4) is 0 Å². The van der Waals surface area contributed by atoms with Crippen LogP contribution in [-0.2, 0) is 4.79 Å². The van der Waals surface area contributed by atoms with Gasteiger partial charge in [-0.1, -0.05) is 41.5 Å². The fourth-order valence-electron chi connectivity index (χ4n) is 2.54. The maximum Gasteiger partial charge on any atom is 0.270 e. The molecule has 9 heteroatoms. The van der Waals surface area contributed by atoms with E-state index in [1.54, 1.807) is 12.1 Å². The second-order valence-corrected chi connectivity index (χ2v) is 8.89. The van der Waals surface area contributed by atoms with Crippen LogP contribution in [0.5, 0.6) is 11.5 Å². The van der Waals surface area contributed by atoms with Crippen molar-refractivity contribution in [1.29, 1.82) is 0 Å². The number of thiocarbonyl (C=S) groups is 1. The maximum atomic E-state index is 13.4. The molecule has 0 unspecified atom stereocenters. The van der Waals surface area contributed by atoms with Crippen molar-refractivity contribution >= 4 is 80.2 Å². The van der Waals surface area contributed by atoms with Crippen molar-refractivity contribution in [2.75, 3.05) is 18.6 Å². The molecule has 1 saturated heterocycles. The highest BCUT2D eigenvalue weighted by Gasteiger charge is 2.33. The van der Waals surface area contributed by atoms with Gasteiger partial charge >= 0.3 is 0 Å². The predicted octanol–water partition coefficient (Wildman–Crippen LogP) is 5.51. The van der Waals surface area contributed by atoms with Gasteiger partial charge in [0.15, 0.2) is 15.8 Å². The molecule has 1 heterocycles. The van der Waals surface area contributed by atoms with E-state index in [0.717, 1.165) is 20.9 Å². The summed E-state index contributed by atoms with van der Waals surface area (Å²) in [6.07, 6.45) is 6.96. The molecule has 29 heavy (non-hydrogen) atoms. The van der Waals surface area contributed by atoms with Gasteiger partial charge in [0.05, 0.1) is 26.3 Å². The summed E-state index contributed by atoms with van der Waals surface area (Å²) in [5.41, 5.74) is 1.14.